The van der Waals surface area contributed by atoms with E-state index in [1.807, 2.05) is 0 Å². The lowest BCUT2D eigenvalue weighted by atomic mass is 9.84. The van der Waals surface area contributed by atoms with E-state index in [9.17, 15) is 5.11 Å². The lowest BCUT2D eigenvalue weighted by Crippen LogP contribution is -3.10. The summed E-state index contributed by atoms with van der Waals surface area (Å²) in [6, 6.07) is 2.04. The lowest BCUT2D eigenvalue weighted by molar-refractivity contribution is -0.905. The molecule has 25 heavy (non-hydrogen) atoms. The Bertz CT molecular complexity index is 727. The molecule has 0 spiro atoms. The van der Waals surface area contributed by atoms with Crippen LogP contribution in [0.3, 0.4) is 0 Å². The Morgan fingerprint density at radius 3 is 2.84 bits per heavy atom. The Morgan fingerprint density at radius 2 is 2.08 bits per heavy atom. The van der Waals surface area contributed by atoms with Crippen LogP contribution in [0.1, 0.15) is 49.3 Å². The van der Waals surface area contributed by atoms with Crippen molar-refractivity contribution in [3.8, 4) is 29.1 Å². The van der Waals surface area contributed by atoms with Gasteiger partial charge in [0.15, 0.2) is 17.5 Å². The number of nitrogens with one attached hydrogen (secondary N) is 1. The van der Waals surface area contributed by atoms with Crippen LogP contribution in [0, 0.1) is 11.8 Å². The molecule has 0 bridgehead atoms. The third-order valence-corrected chi connectivity index (χ3v) is 5.65. The average Bonchev–Trinajstić information content (AvgIpc) is 3.08. The van der Waals surface area contributed by atoms with Crippen LogP contribution < -0.4 is 19.1 Å². The van der Waals surface area contributed by atoms with Gasteiger partial charge in [-0.1, -0.05) is 12.3 Å². The van der Waals surface area contributed by atoms with Gasteiger partial charge in [0.25, 0.3) is 0 Å². The van der Waals surface area contributed by atoms with Crippen molar-refractivity contribution >= 4 is 0 Å². The number of benzene rings is 1. The summed E-state index contributed by atoms with van der Waals surface area (Å²) in [5.74, 6) is 8.78. The van der Waals surface area contributed by atoms with E-state index < -0.39 is 5.60 Å². The number of methoxy groups -OCH3 is 1. The van der Waals surface area contributed by atoms with Crippen LogP contribution in [0.4, 0.5) is 0 Å². The van der Waals surface area contributed by atoms with Crippen LogP contribution in [0.2, 0.25) is 0 Å². The molecule has 4 rings (SSSR count). The second kappa shape index (κ2) is 6.44. The van der Waals surface area contributed by atoms with Crippen LogP contribution in [0.5, 0.6) is 17.2 Å². The molecule has 5 nitrogen and oxygen atoms in total. The summed E-state index contributed by atoms with van der Waals surface area (Å²) in [4.78, 5) is 1.32. The highest BCUT2D eigenvalue weighted by Crippen LogP contribution is 2.47. The Balaban J connectivity index is 1.76. The first-order valence-electron chi connectivity index (χ1n) is 9.18. The quantitative estimate of drug-likeness (QED) is 0.753. The van der Waals surface area contributed by atoms with Gasteiger partial charge in [0.1, 0.15) is 5.60 Å². The fourth-order valence-electron chi connectivity index (χ4n) is 4.19. The molecule has 2 N–H and O–H groups in total. The molecule has 0 aromatic heterocycles. The Kier molecular flexibility index (Phi) is 4.26. The van der Waals surface area contributed by atoms with Gasteiger partial charge < -0.3 is 24.2 Å². The van der Waals surface area contributed by atoms with Gasteiger partial charge in [-0.25, -0.2) is 0 Å². The molecular weight excluding hydrogens is 318 g/mol. The summed E-state index contributed by atoms with van der Waals surface area (Å²) in [7, 11) is 3.82. The molecule has 1 unspecified atom stereocenters. The SMILES string of the molecule is COc1c2c(cc3c1[C@H](C#CC1(O)CCCCC1)[NH+](C)CC3)OCO2. The number of rotatable bonds is 1. The molecule has 0 saturated heterocycles. The van der Waals surface area contributed by atoms with Gasteiger partial charge in [0.2, 0.25) is 12.5 Å². The van der Waals surface area contributed by atoms with Gasteiger partial charge >= 0.3 is 0 Å². The first-order chi connectivity index (χ1) is 12.1. The molecule has 5 heteroatoms. The zero-order chi connectivity index (χ0) is 17.4. The predicted molar refractivity (Wildman–Crippen MR) is 93.1 cm³/mol. The van der Waals surface area contributed by atoms with Crippen molar-refractivity contribution in [3.05, 3.63) is 17.2 Å². The van der Waals surface area contributed by atoms with E-state index in [1.54, 1.807) is 7.11 Å². The average molecular weight is 344 g/mol. The Morgan fingerprint density at radius 1 is 1.28 bits per heavy atom. The summed E-state index contributed by atoms with van der Waals surface area (Å²) in [6.07, 6.45) is 5.80. The Hall–Kier alpha value is -1.90. The second-order valence-electron chi connectivity index (χ2n) is 7.36. The molecule has 0 amide bonds. The van der Waals surface area contributed by atoms with Crippen LogP contribution in [0.15, 0.2) is 6.07 Å². The molecule has 1 aliphatic carbocycles. The molecular formula is C20H26NO4+. The maximum atomic E-state index is 10.8. The van der Waals surface area contributed by atoms with E-state index in [2.05, 4.69) is 25.0 Å². The fraction of sp³-hybridized carbons (Fsp3) is 0.600. The van der Waals surface area contributed by atoms with Crippen LogP contribution >= 0.6 is 0 Å². The first kappa shape index (κ1) is 16.6. The van der Waals surface area contributed by atoms with E-state index in [1.165, 1.54) is 16.9 Å². The number of hydrogen-bond acceptors (Lipinski definition) is 4. The largest absolute Gasteiger partial charge is 0.492 e. The summed E-state index contributed by atoms with van der Waals surface area (Å²) in [6.45, 7) is 1.22. The third kappa shape index (κ3) is 2.94. The van der Waals surface area contributed by atoms with Crippen LogP contribution in [0.25, 0.3) is 0 Å². The number of ether oxygens (including phenoxy) is 3. The van der Waals surface area contributed by atoms with Crippen LogP contribution in [-0.2, 0) is 6.42 Å². The van der Waals surface area contributed by atoms with E-state index in [4.69, 9.17) is 14.2 Å². The van der Waals surface area contributed by atoms with Crippen LogP contribution in [-0.4, -0.2) is 38.2 Å². The first-order valence-corrected chi connectivity index (χ1v) is 9.18. The topological polar surface area (TPSA) is 52.4 Å². The van der Waals surface area contributed by atoms with Crippen molar-refractivity contribution in [1.29, 1.82) is 0 Å². The van der Waals surface area contributed by atoms with Gasteiger partial charge in [-0.3, -0.25) is 0 Å². The molecule has 1 fully saturated rings. The predicted octanol–water partition coefficient (Wildman–Crippen LogP) is 1.23. The smallest absolute Gasteiger partial charge is 0.231 e. The van der Waals surface area contributed by atoms with Crippen molar-refractivity contribution in [3.63, 3.8) is 0 Å². The molecule has 2 heterocycles. The molecule has 1 aromatic rings. The minimum atomic E-state index is -0.834. The lowest BCUT2D eigenvalue weighted by Gasteiger charge is -2.31. The van der Waals surface area contributed by atoms with Gasteiger partial charge in [-0.15, -0.1) is 0 Å². The molecule has 1 aromatic carbocycles. The van der Waals surface area contributed by atoms with Crippen molar-refractivity contribution in [2.75, 3.05) is 27.5 Å². The summed E-state index contributed by atoms with van der Waals surface area (Å²) < 4.78 is 16.9. The third-order valence-electron chi connectivity index (χ3n) is 5.65. The van der Waals surface area contributed by atoms with E-state index in [0.29, 0.717) is 5.75 Å². The van der Waals surface area contributed by atoms with E-state index >= 15 is 0 Å². The zero-order valence-electron chi connectivity index (χ0n) is 15.0. The summed E-state index contributed by atoms with van der Waals surface area (Å²) >= 11 is 0. The van der Waals surface area contributed by atoms with E-state index in [-0.39, 0.29) is 12.8 Å². The maximum Gasteiger partial charge on any atom is 0.231 e. The Labute approximate surface area is 148 Å². The van der Waals surface area contributed by atoms with Crippen molar-refractivity contribution in [2.24, 2.45) is 0 Å². The van der Waals surface area contributed by atoms with Crippen molar-refractivity contribution < 1.29 is 24.2 Å². The maximum absolute atomic E-state index is 10.8. The normalized spacial score (nSPS) is 26.4. The van der Waals surface area contributed by atoms with Gasteiger partial charge in [-0.05, 0) is 43.2 Å². The fourth-order valence-corrected chi connectivity index (χ4v) is 4.19. The number of hydrogen-bond donors (Lipinski definition) is 2. The van der Waals surface area contributed by atoms with Crippen molar-refractivity contribution in [2.45, 2.75) is 50.2 Å². The molecule has 2 atom stereocenters. The molecule has 2 aliphatic heterocycles. The number of quaternary nitrogens is 1. The zero-order valence-corrected chi connectivity index (χ0v) is 15.0. The highest BCUT2D eigenvalue weighted by Gasteiger charge is 2.36. The summed E-state index contributed by atoms with van der Waals surface area (Å²) in [5, 5.41) is 10.8. The van der Waals surface area contributed by atoms with E-state index in [0.717, 1.165) is 55.7 Å². The van der Waals surface area contributed by atoms with Gasteiger partial charge in [-0.2, -0.15) is 0 Å². The number of likely N-dealkylation sites (N-methyl/N-ethyl adjacent to an activating group) is 1. The monoisotopic (exact) mass is 344 g/mol. The van der Waals surface area contributed by atoms with Gasteiger partial charge in [0, 0.05) is 6.42 Å². The highest BCUT2D eigenvalue weighted by molar-refractivity contribution is 5.62. The summed E-state index contributed by atoms with van der Waals surface area (Å²) in [5.41, 5.74) is 1.46. The molecule has 1 saturated carbocycles. The number of aliphatic hydroxyl groups is 1. The standard InChI is InChI=1S/C20H25NO4/c1-21-11-7-14-12-16-18(25-13-24-16)19(23-2)17(14)15(21)6-10-20(22)8-4-3-5-9-20/h12,15,22H,3-5,7-9,11,13H2,1-2H3/p+1/t15-/m0/s1. The molecule has 0 radical (unpaired) electrons. The minimum absolute atomic E-state index is 0.0286. The number of fused-ring (bicyclic) bond motifs is 2. The molecule has 3 aliphatic rings. The minimum Gasteiger partial charge on any atom is -0.492 e. The van der Waals surface area contributed by atoms with Gasteiger partial charge in [0.05, 0.1) is 26.3 Å². The second-order valence-corrected chi connectivity index (χ2v) is 7.36. The highest BCUT2D eigenvalue weighted by atomic mass is 16.7. The van der Waals surface area contributed by atoms with Crippen molar-refractivity contribution in [1.82, 2.24) is 0 Å². The molecule has 134 valence electrons.